The molecule has 2 aromatic carbocycles. The van der Waals surface area contributed by atoms with Crippen molar-refractivity contribution in [2.24, 2.45) is 0 Å². The molecule has 0 aliphatic carbocycles. The van der Waals surface area contributed by atoms with E-state index in [2.05, 4.69) is 0 Å². The van der Waals surface area contributed by atoms with Crippen molar-refractivity contribution in [3.05, 3.63) is 86.2 Å². The minimum atomic E-state index is -0.851. The molecule has 50 heavy (non-hydrogen) atoms. The highest BCUT2D eigenvalue weighted by molar-refractivity contribution is 5.94. The van der Waals surface area contributed by atoms with Gasteiger partial charge in [-0.15, -0.1) is 0 Å². The molecule has 2 amide bonds. The predicted molar refractivity (Wildman–Crippen MR) is 179 cm³/mol. The van der Waals surface area contributed by atoms with Gasteiger partial charge in [0.1, 0.15) is 29.7 Å². The van der Waals surface area contributed by atoms with Crippen LogP contribution in [0.4, 0.5) is 4.79 Å². The lowest BCUT2D eigenvalue weighted by molar-refractivity contribution is -0.138. The van der Waals surface area contributed by atoms with Crippen LogP contribution in [0.15, 0.2) is 63.7 Å². The number of hydrogen-bond acceptors (Lipinski definition) is 10. The molecule has 4 heterocycles. The molecule has 1 atom stereocenters. The van der Waals surface area contributed by atoms with E-state index in [4.69, 9.17) is 23.7 Å². The Kier molecular flexibility index (Phi) is 10.1. The van der Waals surface area contributed by atoms with Gasteiger partial charge in [0.05, 0.1) is 38.7 Å². The zero-order chi connectivity index (χ0) is 35.6. The van der Waals surface area contributed by atoms with Crippen LogP contribution in [0.2, 0.25) is 0 Å². The van der Waals surface area contributed by atoms with Crippen LogP contribution >= 0.6 is 0 Å². The molecule has 0 bridgehead atoms. The summed E-state index contributed by atoms with van der Waals surface area (Å²) in [4.78, 5) is 68.1. The Morgan fingerprint density at radius 2 is 1.56 bits per heavy atom. The first-order valence-corrected chi connectivity index (χ1v) is 16.5. The zero-order valence-corrected chi connectivity index (χ0v) is 28.6. The summed E-state index contributed by atoms with van der Waals surface area (Å²) in [5.74, 6) is 0.379. The van der Waals surface area contributed by atoms with E-state index in [0.717, 1.165) is 10.1 Å². The number of carbonyl (C=O) groups is 3. The van der Waals surface area contributed by atoms with E-state index in [-0.39, 0.29) is 30.6 Å². The molecular weight excluding hydrogens is 650 g/mol. The normalized spacial score (nSPS) is 17.6. The number of carbonyl (C=O) groups excluding carboxylic acids is 3. The third-order valence-electron chi connectivity index (χ3n) is 9.08. The molecule has 1 fully saturated rings. The Balaban J connectivity index is 1.14. The molecule has 1 aromatic heterocycles. The SMILES string of the molecule is COCCOCCOCC(=O)N1CCN(C(=O)Oc2ccc3c(c2)OC(C)(C)C2=CCn4c(=O)n(-c5ccc(C(C)=O)cc5)c(=O)n4C23)CC1. The first-order chi connectivity index (χ1) is 24.0. The van der Waals surface area contributed by atoms with Crippen molar-refractivity contribution in [2.75, 3.05) is 66.3 Å². The summed E-state index contributed by atoms with van der Waals surface area (Å²) in [6.45, 7) is 8.21. The second kappa shape index (κ2) is 14.5. The van der Waals surface area contributed by atoms with Crippen LogP contribution in [0.25, 0.3) is 5.69 Å². The van der Waals surface area contributed by atoms with Crippen molar-refractivity contribution >= 4 is 17.8 Å². The molecule has 0 spiro atoms. The number of amides is 2. The summed E-state index contributed by atoms with van der Waals surface area (Å²) in [6.07, 6.45) is 1.34. The average molecular weight is 692 g/mol. The Morgan fingerprint density at radius 3 is 2.26 bits per heavy atom. The highest BCUT2D eigenvalue weighted by Crippen LogP contribution is 2.47. The zero-order valence-electron chi connectivity index (χ0n) is 28.6. The standard InChI is InChI=1S/C35H41N5O10/c1-23(41)24-5-7-25(8-6-24)39-32(43)38-12-11-28-31(40(38)33(39)44)27-10-9-26(21-29(27)50-35(28,2)3)49-34(45)37-15-13-36(14-16-37)30(42)22-48-20-19-47-18-17-46-4/h5-11,21,31H,12-20,22H2,1-4H3. The Morgan fingerprint density at radius 1 is 0.880 bits per heavy atom. The summed E-state index contributed by atoms with van der Waals surface area (Å²) < 4.78 is 31.7. The molecule has 3 aliphatic rings. The van der Waals surface area contributed by atoms with Crippen LogP contribution in [0.5, 0.6) is 11.5 Å². The van der Waals surface area contributed by atoms with Crippen molar-refractivity contribution in [1.29, 1.82) is 0 Å². The highest BCUT2D eigenvalue weighted by atomic mass is 16.6. The van der Waals surface area contributed by atoms with E-state index >= 15 is 0 Å². The minimum Gasteiger partial charge on any atom is -0.483 e. The van der Waals surface area contributed by atoms with Crippen LogP contribution < -0.4 is 20.9 Å². The second-order valence-corrected chi connectivity index (χ2v) is 12.7. The molecule has 0 N–H and O–H groups in total. The molecule has 3 aliphatic heterocycles. The average Bonchev–Trinajstić information content (AvgIpc) is 3.36. The number of hydrogen-bond donors (Lipinski definition) is 0. The van der Waals surface area contributed by atoms with Crippen LogP contribution in [-0.2, 0) is 25.5 Å². The van der Waals surface area contributed by atoms with Crippen molar-refractivity contribution in [1.82, 2.24) is 23.7 Å². The predicted octanol–water partition coefficient (Wildman–Crippen LogP) is 2.03. The van der Waals surface area contributed by atoms with E-state index in [9.17, 15) is 24.0 Å². The molecule has 15 heteroatoms. The fourth-order valence-electron chi connectivity index (χ4n) is 6.42. The van der Waals surface area contributed by atoms with Crippen molar-refractivity contribution in [3.63, 3.8) is 0 Å². The van der Waals surface area contributed by atoms with E-state index in [1.807, 2.05) is 19.9 Å². The van der Waals surface area contributed by atoms with Crippen LogP contribution in [0, 0.1) is 0 Å². The molecule has 6 rings (SSSR count). The van der Waals surface area contributed by atoms with Gasteiger partial charge in [-0.3, -0.25) is 9.59 Å². The van der Waals surface area contributed by atoms with Gasteiger partial charge in [0.25, 0.3) is 0 Å². The van der Waals surface area contributed by atoms with Crippen molar-refractivity contribution < 1.29 is 38.1 Å². The maximum absolute atomic E-state index is 13.9. The van der Waals surface area contributed by atoms with E-state index < -0.39 is 29.1 Å². The number of piperazine rings is 1. The van der Waals surface area contributed by atoms with Crippen LogP contribution in [0.1, 0.15) is 42.7 Å². The Labute approximate surface area is 288 Å². The van der Waals surface area contributed by atoms with Crippen LogP contribution in [0.3, 0.4) is 0 Å². The number of ether oxygens (including phenoxy) is 5. The molecule has 0 radical (unpaired) electrons. The van der Waals surface area contributed by atoms with Gasteiger partial charge in [-0.2, -0.15) is 0 Å². The number of rotatable bonds is 11. The van der Waals surface area contributed by atoms with Crippen molar-refractivity contribution in [2.45, 2.75) is 39.0 Å². The summed E-state index contributed by atoms with van der Waals surface area (Å²) >= 11 is 0. The topological polar surface area (TPSA) is 153 Å². The lowest BCUT2D eigenvalue weighted by Gasteiger charge is -2.42. The lowest BCUT2D eigenvalue weighted by Crippen LogP contribution is -2.52. The maximum atomic E-state index is 13.9. The number of nitrogens with zero attached hydrogens (tertiary/aromatic N) is 5. The number of Topliss-reactive ketones (excluding diaryl/α,β-unsaturated/α-hetero) is 1. The van der Waals surface area contributed by atoms with Gasteiger partial charge in [-0.1, -0.05) is 6.08 Å². The quantitative estimate of drug-likeness (QED) is 0.166. The molecule has 266 valence electrons. The van der Waals surface area contributed by atoms with Gasteiger partial charge in [0.2, 0.25) is 5.91 Å². The van der Waals surface area contributed by atoms with E-state index in [1.54, 1.807) is 54.5 Å². The first kappa shape index (κ1) is 34.9. The number of ketones is 1. The number of aromatic nitrogens is 3. The number of allylic oxidation sites excluding steroid dienone is 1. The van der Waals surface area contributed by atoms with Gasteiger partial charge in [0, 0.05) is 50.5 Å². The third-order valence-corrected chi connectivity index (χ3v) is 9.08. The van der Waals surface area contributed by atoms with E-state index in [1.165, 1.54) is 21.2 Å². The highest BCUT2D eigenvalue weighted by Gasteiger charge is 2.44. The first-order valence-electron chi connectivity index (χ1n) is 16.5. The fourth-order valence-corrected chi connectivity index (χ4v) is 6.42. The molecular formula is C35H41N5O10. The van der Waals surface area contributed by atoms with E-state index in [0.29, 0.717) is 75.2 Å². The van der Waals surface area contributed by atoms with Crippen LogP contribution in [-0.4, -0.2) is 113 Å². The molecule has 1 unspecified atom stereocenters. The molecule has 15 nitrogen and oxygen atoms in total. The smallest absolute Gasteiger partial charge is 0.415 e. The third kappa shape index (κ3) is 6.88. The Bertz CT molecular complexity index is 1910. The fraction of sp³-hybridized carbons (Fsp3) is 0.457. The Hall–Kier alpha value is -4.99. The molecule has 0 saturated carbocycles. The van der Waals surface area contributed by atoms with Gasteiger partial charge >= 0.3 is 17.5 Å². The summed E-state index contributed by atoms with van der Waals surface area (Å²) in [7, 11) is 1.59. The summed E-state index contributed by atoms with van der Waals surface area (Å²) in [5, 5.41) is 0. The minimum absolute atomic E-state index is 0.0668. The lowest BCUT2D eigenvalue weighted by atomic mass is 9.83. The molecule has 1 saturated heterocycles. The number of benzene rings is 2. The van der Waals surface area contributed by atoms with Gasteiger partial charge in [-0.05, 0) is 62.7 Å². The maximum Gasteiger partial charge on any atom is 0.415 e. The monoisotopic (exact) mass is 691 g/mol. The summed E-state index contributed by atoms with van der Waals surface area (Å²) in [5.41, 5.74) is 0.385. The number of fused-ring (bicyclic) bond motifs is 5. The second-order valence-electron chi connectivity index (χ2n) is 12.7. The largest absolute Gasteiger partial charge is 0.483 e. The van der Waals surface area contributed by atoms with Crippen molar-refractivity contribution in [3.8, 4) is 17.2 Å². The van der Waals surface area contributed by atoms with Gasteiger partial charge in [-0.25, -0.2) is 28.3 Å². The van der Waals surface area contributed by atoms with Gasteiger partial charge in [0.15, 0.2) is 5.78 Å². The van der Waals surface area contributed by atoms with Gasteiger partial charge < -0.3 is 33.5 Å². The molecule has 3 aromatic rings. The number of methoxy groups -OCH3 is 1. The summed E-state index contributed by atoms with van der Waals surface area (Å²) in [6, 6.07) is 10.7.